The van der Waals surface area contributed by atoms with Crippen molar-refractivity contribution in [2.45, 2.75) is 12.6 Å². The molecule has 0 aliphatic carbocycles. The minimum atomic E-state index is -0.109. The Bertz CT molecular complexity index is 746. The molecule has 2 amide bonds. The first kappa shape index (κ1) is 12.3. The molecule has 2 aromatic rings. The highest BCUT2D eigenvalue weighted by atomic mass is 16.7. The van der Waals surface area contributed by atoms with Crippen molar-refractivity contribution in [3.05, 3.63) is 48.4 Å². The van der Waals surface area contributed by atoms with E-state index in [0.717, 1.165) is 22.2 Å². The average Bonchev–Trinajstić information content (AvgIpc) is 2.76. The number of carbonyl (C=O) groups is 1. The van der Waals surface area contributed by atoms with Gasteiger partial charge in [0.2, 0.25) is 0 Å². The number of aromatic nitrogens is 2. The van der Waals surface area contributed by atoms with Crippen LogP contribution in [0.4, 0.5) is 4.79 Å². The second-order valence-corrected chi connectivity index (χ2v) is 5.18. The third-order valence-electron chi connectivity index (χ3n) is 3.90. The van der Waals surface area contributed by atoms with Gasteiger partial charge >= 0.3 is 6.03 Å². The second kappa shape index (κ2) is 4.53. The maximum absolute atomic E-state index is 12.3. The average molecular weight is 282 g/mol. The van der Waals surface area contributed by atoms with Gasteiger partial charge in [0.05, 0.1) is 37.1 Å². The normalized spacial score (nSPS) is 20.0. The van der Waals surface area contributed by atoms with Crippen molar-refractivity contribution in [2.75, 3.05) is 13.2 Å². The van der Waals surface area contributed by atoms with E-state index < -0.39 is 0 Å². The summed E-state index contributed by atoms with van der Waals surface area (Å²) in [5, 5.41) is 2.47. The van der Waals surface area contributed by atoms with Crippen LogP contribution in [-0.4, -0.2) is 39.1 Å². The lowest BCUT2D eigenvalue weighted by Crippen LogP contribution is -2.30. The van der Waals surface area contributed by atoms with Crippen molar-refractivity contribution in [2.24, 2.45) is 0 Å². The first-order valence-corrected chi connectivity index (χ1v) is 6.83. The Kier molecular flexibility index (Phi) is 2.65. The molecule has 106 valence electrons. The van der Waals surface area contributed by atoms with Crippen molar-refractivity contribution < 1.29 is 9.63 Å². The van der Waals surface area contributed by atoms with Gasteiger partial charge in [-0.15, -0.1) is 6.58 Å². The molecule has 0 saturated carbocycles. The van der Waals surface area contributed by atoms with E-state index in [1.54, 1.807) is 23.4 Å². The molecule has 2 aliphatic heterocycles. The summed E-state index contributed by atoms with van der Waals surface area (Å²) in [6.45, 7) is 5.09. The van der Waals surface area contributed by atoms with Crippen LogP contribution in [0.5, 0.6) is 0 Å². The zero-order valence-corrected chi connectivity index (χ0v) is 11.4. The number of pyridine rings is 2. The lowest BCUT2D eigenvalue weighted by molar-refractivity contribution is -0.118. The summed E-state index contributed by atoms with van der Waals surface area (Å²) in [7, 11) is 0. The Morgan fingerprint density at radius 3 is 3.29 bits per heavy atom. The lowest BCUT2D eigenvalue weighted by atomic mass is 10.00. The van der Waals surface area contributed by atoms with Crippen molar-refractivity contribution in [3.8, 4) is 0 Å². The van der Waals surface area contributed by atoms with Gasteiger partial charge in [0.25, 0.3) is 0 Å². The van der Waals surface area contributed by atoms with Gasteiger partial charge in [0.1, 0.15) is 6.04 Å². The van der Waals surface area contributed by atoms with Gasteiger partial charge in [0.15, 0.2) is 0 Å². The molecule has 1 fully saturated rings. The molecule has 2 aliphatic rings. The van der Waals surface area contributed by atoms with Crippen molar-refractivity contribution in [1.29, 1.82) is 0 Å². The van der Waals surface area contributed by atoms with Gasteiger partial charge in [-0.05, 0) is 12.1 Å². The number of rotatable bonds is 3. The van der Waals surface area contributed by atoms with E-state index in [-0.39, 0.29) is 12.1 Å². The summed E-state index contributed by atoms with van der Waals surface area (Å²) in [6.07, 6.45) is 5.13. The molecule has 1 saturated heterocycles. The van der Waals surface area contributed by atoms with Gasteiger partial charge < -0.3 is 4.90 Å². The molecule has 6 heteroatoms. The third-order valence-corrected chi connectivity index (χ3v) is 3.90. The Labute approximate surface area is 121 Å². The summed E-state index contributed by atoms with van der Waals surface area (Å²) in [5.74, 6) is 0. The van der Waals surface area contributed by atoms with E-state index in [1.165, 1.54) is 5.06 Å². The fourth-order valence-electron chi connectivity index (χ4n) is 2.94. The number of urea groups is 1. The number of amides is 2. The minimum Gasteiger partial charge on any atom is -0.314 e. The molecular weight excluding hydrogens is 268 g/mol. The summed E-state index contributed by atoms with van der Waals surface area (Å²) >= 11 is 0. The van der Waals surface area contributed by atoms with E-state index in [4.69, 9.17) is 4.84 Å². The number of hydroxylamine groups is 2. The largest absolute Gasteiger partial charge is 0.345 e. The summed E-state index contributed by atoms with van der Waals surface area (Å²) in [6, 6.07) is 3.80. The maximum Gasteiger partial charge on any atom is 0.345 e. The van der Waals surface area contributed by atoms with Crippen molar-refractivity contribution in [3.63, 3.8) is 0 Å². The first-order valence-electron chi connectivity index (χ1n) is 6.83. The zero-order chi connectivity index (χ0) is 14.4. The number of hydrogen-bond donors (Lipinski definition) is 0. The fourth-order valence-corrected chi connectivity index (χ4v) is 2.94. The predicted octanol–water partition coefficient (Wildman–Crippen LogP) is 2.04. The van der Waals surface area contributed by atoms with Gasteiger partial charge in [0, 0.05) is 17.1 Å². The second-order valence-electron chi connectivity index (χ2n) is 5.18. The zero-order valence-electron chi connectivity index (χ0n) is 11.4. The number of hydrogen-bond acceptors (Lipinski definition) is 4. The van der Waals surface area contributed by atoms with E-state index >= 15 is 0 Å². The monoisotopic (exact) mass is 282 g/mol. The molecule has 1 unspecified atom stereocenters. The fraction of sp³-hybridized carbons (Fsp3) is 0.267. The molecule has 0 spiro atoms. The summed E-state index contributed by atoms with van der Waals surface area (Å²) < 4.78 is 0. The molecule has 4 heterocycles. The Hall–Kier alpha value is -2.47. The van der Waals surface area contributed by atoms with Gasteiger partial charge in [-0.25, -0.2) is 9.78 Å². The molecule has 6 nitrogen and oxygen atoms in total. The number of carbonyl (C=O) groups excluding carboxylic acids is 1. The predicted molar refractivity (Wildman–Crippen MR) is 76.1 cm³/mol. The SMILES string of the molecule is C=CCON1C(=O)N2Cc3nc4cnccc4cc3C1C2. The standard InChI is InChI=1S/C15H14N4O2/c1-2-5-21-19-14-9-18(15(19)20)8-13-11(14)6-10-3-4-16-7-12(10)17-13/h2-4,6-7,14H,1,5,8-9H2. The van der Waals surface area contributed by atoms with E-state index in [9.17, 15) is 4.79 Å². The number of nitrogens with zero attached hydrogens (tertiary/aromatic N) is 4. The van der Waals surface area contributed by atoms with E-state index in [1.807, 2.05) is 6.07 Å². The minimum absolute atomic E-state index is 0.105. The van der Waals surface area contributed by atoms with Crippen LogP contribution in [0.2, 0.25) is 0 Å². The topological polar surface area (TPSA) is 58.6 Å². The van der Waals surface area contributed by atoms with E-state index in [0.29, 0.717) is 19.7 Å². The van der Waals surface area contributed by atoms with Crippen LogP contribution < -0.4 is 0 Å². The molecule has 21 heavy (non-hydrogen) atoms. The molecule has 0 radical (unpaired) electrons. The van der Waals surface area contributed by atoms with Crippen molar-refractivity contribution >= 4 is 16.9 Å². The van der Waals surface area contributed by atoms with Crippen LogP contribution in [0.25, 0.3) is 10.9 Å². The van der Waals surface area contributed by atoms with Gasteiger partial charge in [-0.2, -0.15) is 5.06 Å². The molecule has 4 rings (SSSR count). The molecule has 2 bridgehead atoms. The maximum atomic E-state index is 12.3. The molecule has 0 N–H and O–H groups in total. The molecule has 0 aromatic carbocycles. The van der Waals surface area contributed by atoms with Crippen LogP contribution in [0.3, 0.4) is 0 Å². The van der Waals surface area contributed by atoms with Crippen LogP contribution in [0.15, 0.2) is 37.2 Å². The Morgan fingerprint density at radius 2 is 2.43 bits per heavy atom. The van der Waals surface area contributed by atoms with E-state index in [2.05, 4.69) is 22.6 Å². The highest BCUT2D eigenvalue weighted by Crippen LogP contribution is 2.38. The Balaban J connectivity index is 1.81. The molecule has 2 aromatic heterocycles. The Morgan fingerprint density at radius 1 is 1.52 bits per heavy atom. The highest BCUT2D eigenvalue weighted by Gasteiger charge is 2.44. The van der Waals surface area contributed by atoms with Gasteiger partial charge in [-0.3, -0.25) is 9.82 Å². The summed E-state index contributed by atoms with van der Waals surface area (Å²) in [4.78, 5) is 28.3. The number of fused-ring (bicyclic) bond motifs is 5. The summed E-state index contributed by atoms with van der Waals surface area (Å²) in [5.41, 5.74) is 2.83. The highest BCUT2D eigenvalue weighted by molar-refractivity contribution is 5.81. The molecule has 1 atom stereocenters. The van der Waals surface area contributed by atoms with Crippen LogP contribution in [-0.2, 0) is 11.4 Å². The third kappa shape index (κ3) is 1.80. The quantitative estimate of drug-likeness (QED) is 0.808. The smallest absolute Gasteiger partial charge is 0.314 e. The van der Waals surface area contributed by atoms with Crippen molar-refractivity contribution in [1.82, 2.24) is 19.9 Å². The van der Waals surface area contributed by atoms with Crippen LogP contribution in [0.1, 0.15) is 17.3 Å². The van der Waals surface area contributed by atoms with Crippen LogP contribution in [0, 0.1) is 0 Å². The van der Waals surface area contributed by atoms with Crippen LogP contribution >= 0.6 is 0 Å². The lowest BCUT2D eigenvalue weighted by Gasteiger charge is -2.24. The van der Waals surface area contributed by atoms with Gasteiger partial charge in [-0.1, -0.05) is 6.08 Å². The first-order chi connectivity index (χ1) is 10.3. The molecular formula is C15H14N4O2.